The first-order chi connectivity index (χ1) is 6.25. The number of thiazole rings is 1. The third-order valence-corrected chi connectivity index (χ3v) is 2.74. The van der Waals surface area contributed by atoms with Crippen LogP contribution >= 0.6 is 11.3 Å². The van der Waals surface area contributed by atoms with Crippen LogP contribution in [0.15, 0.2) is 29.6 Å². The van der Waals surface area contributed by atoms with E-state index in [1.165, 1.54) is 11.1 Å². The standard InChI is InChI=1S/C11H11NS.BrH/c1-8-3-5-10(6-4-8)11-7-13-9(2)12-11;/h3-7H,1-2H3;1H/p-1. The number of hydrogen-bond donors (Lipinski definition) is 0. The highest BCUT2D eigenvalue weighted by Gasteiger charge is 2.00. The molecule has 0 amide bonds. The monoisotopic (exact) mass is 268 g/mol. The van der Waals surface area contributed by atoms with Crippen molar-refractivity contribution in [1.29, 1.82) is 0 Å². The summed E-state index contributed by atoms with van der Waals surface area (Å²) in [7, 11) is 0. The molecule has 1 aromatic heterocycles. The Morgan fingerprint density at radius 1 is 1.07 bits per heavy atom. The maximum absolute atomic E-state index is 4.43. The minimum absolute atomic E-state index is 0. The lowest BCUT2D eigenvalue weighted by Crippen LogP contribution is -3.00. The first-order valence-electron chi connectivity index (χ1n) is 4.25. The number of nitrogens with zero attached hydrogens (tertiary/aromatic N) is 1. The van der Waals surface area contributed by atoms with Gasteiger partial charge < -0.3 is 17.0 Å². The van der Waals surface area contributed by atoms with E-state index >= 15 is 0 Å². The van der Waals surface area contributed by atoms with Gasteiger partial charge in [0.05, 0.1) is 10.7 Å². The molecule has 0 N–H and O–H groups in total. The summed E-state index contributed by atoms with van der Waals surface area (Å²) in [4.78, 5) is 4.43. The van der Waals surface area contributed by atoms with Crippen molar-refractivity contribution in [2.45, 2.75) is 13.8 Å². The van der Waals surface area contributed by atoms with E-state index in [1.807, 2.05) is 6.92 Å². The van der Waals surface area contributed by atoms with Gasteiger partial charge in [-0.05, 0) is 13.8 Å². The third kappa shape index (κ3) is 2.42. The molecule has 0 fully saturated rings. The van der Waals surface area contributed by atoms with Crippen molar-refractivity contribution in [3.05, 3.63) is 40.2 Å². The van der Waals surface area contributed by atoms with Gasteiger partial charge in [-0.1, -0.05) is 29.8 Å². The largest absolute Gasteiger partial charge is 1.00 e. The quantitative estimate of drug-likeness (QED) is 0.731. The summed E-state index contributed by atoms with van der Waals surface area (Å²) in [5.74, 6) is 0. The second-order valence-electron chi connectivity index (χ2n) is 3.12. The second-order valence-corrected chi connectivity index (χ2v) is 4.18. The fraction of sp³-hybridized carbons (Fsp3) is 0.182. The third-order valence-electron chi connectivity index (χ3n) is 1.97. The Balaban J connectivity index is 0.000000980. The van der Waals surface area contributed by atoms with Crippen LogP contribution in [-0.2, 0) is 0 Å². The van der Waals surface area contributed by atoms with Gasteiger partial charge in [0.25, 0.3) is 0 Å². The molecule has 3 heteroatoms. The fourth-order valence-corrected chi connectivity index (χ4v) is 1.84. The van der Waals surface area contributed by atoms with Crippen LogP contribution in [0.25, 0.3) is 11.3 Å². The Morgan fingerprint density at radius 3 is 2.21 bits per heavy atom. The minimum atomic E-state index is 0. The van der Waals surface area contributed by atoms with Crippen LogP contribution in [0.5, 0.6) is 0 Å². The molecular formula is C11H11BrNS-. The highest BCUT2D eigenvalue weighted by molar-refractivity contribution is 7.09. The minimum Gasteiger partial charge on any atom is -1.00 e. The molecule has 0 saturated heterocycles. The van der Waals surface area contributed by atoms with E-state index in [-0.39, 0.29) is 17.0 Å². The molecule has 0 atom stereocenters. The van der Waals surface area contributed by atoms with Gasteiger partial charge in [-0.3, -0.25) is 0 Å². The average Bonchev–Trinajstić information content (AvgIpc) is 2.53. The SMILES string of the molecule is Cc1ccc(-c2csc(C)n2)cc1.[Br-]. The number of hydrogen-bond acceptors (Lipinski definition) is 2. The lowest BCUT2D eigenvalue weighted by atomic mass is 10.1. The highest BCUT2D eigenvalue weighted by atomic mass is 79.9. The van der Waals surface area contributed by atoms with E-state index in [1.54, 1.807) is 11.3 Å². The summed E-state index contributed by atoms with van der Waals surface area (Å²) < 4.78 is 0. The average molecular weight is 269 g/mol. The molecule has 2 rings (SSSR count). The van der Waals surface area contributed by atoms with Gasteiger partial charge in [-0.25, -0.2) is 4.98 Å². The van der Waals surface area contributed by atoms with E-state index in [0.29, 0.717) is 0 Å². The van der Waals surface area contributed by atoms with Crippen molar-refractivity contribution in [3.8, 4) is 11.3 Å². The molecule has 1 aromatic carbocycles. The predicted octanol–water partition coefficient (Wildman–Crippen LogP) is 0.431. The highest BCUT2D eigenvalue weighted by Crippen LogP contribution is 2.21. The van der Waals surface area contributed by atoms with Crippen molar-refractivity contribution in [1.82, 2.24) is 4.98 Å². The number of benzene rings is 1. The van der Waals surface area contributed by atoms with Crippen LogP contribution < -0.4 is 17.0 Å². The van der Waals surface area contributed by atoms with Crippen molar-refractivity contribution in [2.75, 3.05) is 0 Å². The summed E-state index contributed by atoms with van der Waals surface area (Å²) in [6, 6.07) is 8.46. The van der Waals surface area contributed by atoms with E-state index in [4.69, 9.17) is 0 Å². The zero-order chi connectivity index (χ0) is 9.26. The molecule has 0 aliphatic rings. The van der Waals surface area contributed by atoms with Gasteiger partial charge in [-0.15, -0.1) is 11.3 Å². The first kappa shape index (κ1) is 11.4. The summed E-state index contributed by atoms with van der Waals surface area (Å²) in [6.45, 7) is 4.12. The summed E-state index contributed by atoms with van der Waals surface area (Å²) in [6.07, 6.45) is 0. The molecule has 0 radical (unpaired) electrons. The normalized spacial score (nSPS) is 9.57. The summed E-state index contributed by atoms with van der Waals surface area (Å²) in [5, 5.41) is 3.22. The smallest absolute Gasteiger partial charge is 0.0901 e. The van der Waals surface area contributed by atoms with Crippen LogP contribution in [-0.4, -0.2) is 4.98 Å². The summed E-state index contributed by atoms with van der Waals surface area (Å²) in [5.41, 5.74) is 3.58. The predicted molar refractivity (Wildman–Crippen MR) is 57.0 cm³/mol. The van der Waals surface area contributed by atoms with Crippen LogP contribution in [0.2, 0.25) is 0 Å². The molecule has 1 nitrogen and oxygen atoms in total. The zero-order valence-electron chi connectivity index (χ0n) is 8.12. The zero-order valence-corrected chi connectivity index (χ0v) is 10.5. The molecular weight excluding hydrogens is 258 g/mol. The van der Waals surface area contributed by atoms with Gasteiger partial charge in [0.15, 0.2) is 0 Å². The number of aromatic nitrogens is 1. The summed E-state index contributed by atoms with van der Waals surface area (Å²) >= 11 is 1.69. The lowest BCUT2D eigenvalue weighted by Gasteiger charge is -1.96. The Labute approximate surface area is 98.6 Å². The van der Waals surface area contributed by atoms with E-state index < -0.39 is 0 Å². The maximum Gasteiger partial charge on any atom is 0.0901 e. The van der Waals surface area contributed by atoms with Crippen molar-refractivity contribution >= 4 is 11.3 Å². The molecule has 14 heavy (non-hydrogen) atoms. The first-order valence-corrected chi connectivity index (χ1v) is 5.13. The van der Waals surface area contributed by atoms with Gasteiger partial charge >= 0.3 is 0 Å². The number of halogens is 1. The molecule has 0 spiro atoms. The van der Waals surface area contributed by atoms with Gasteiger partial charge in [0, 0.05) is 10.9 Å². The van der Waals surface area contributed by atoms with Gasteiger partial charge in [-0.2, -0.15) is 0 Å². The molecule has 0 aliphatic carbocycles. The number of rotatable bonds is 1. The van der Waals surface area contributed by atoms with Crippen LogP contribution in [0.3, 0.4) is 0 Å². The Bertz CT molecular complexity index is 405. The molecule has 2 aromatic rings. The van der Waals surface area contributed by atoms with Crippen LogP contribution in [0.4, 0.5) is 0 Å². The van der Waals surface area contributed by atoms with Crippen LogP contribution in [0.1, 0.15) is 10.6 Å². The fourth-order valence-electron chi connectivity index (χ4n) is 1.22. The molecule has 1 heterocycles. The molecule has 0 aliphatic heterocycles. The van der Waals surface area contributed by atoms with E-state index in [2.05, 4.69) is 41.6 Å². The van der Waals surface area contributed by atoms with Crippen molar-refractivity contribution in [2.24, 2.45) is 0 Å². The Morgan fingerprint density at radius 2 is 1.71 bits per heavy atom. The topological polar surface area (TPSA) is 12.9 Å². The Hall–Kier alpha value is -0.670. The lowest BCUT2D eigenvalue weighted by molar-refractivity contribution is -0.00000275. The molecule has 0 saturated carbocycles. The van der Waals surface area contributed by atoms with Crippen LogP contribution in [0, 0.1) is 13.8 Å². The molecule has 0 bridgehead atoms. The van der Waals surface area contributed by atoms with Crippen molar-refractivity contribution < 1.29 is 17.0 Å². The second kappa shape index (κ2) is 4.71. The number of aryl methyl sites for hydroxylation is 2. The maximum atomic E-state index is 4.43. The Kier molecular flexibility index (Phi) is 3.84. The molecule has 0 unspecified atom stereocenters. The van der Waals surface area contributed by atoms with Gasteiger partial charge in [0.2, 0.25) is 0 Å². The molecule has 74 valence electrons. The van der Waals surface area contributed by atoms with E-state index in [9.17, 15) is 0 Å². The van der Waals surface area contributed by atoms with Gasteiger partial charge in [0.1, 0.15) is 0 Å². The van der Waals surface area contributed by atoms with Crippen molar-refractivity contribution in [3.63, 3.8) is 0 Å². The van der Waals surface area contributed by atoms with E-state index in [0.717, 1.165) is 10.7 Å².